The molecule has 1 aliphatic heterocycles. The molecule has 9 heteroatoms. The van der Waals surface area contributed by atoms with E-state index in [1.54, 1.807) is 0 Å². The molecule has 1 heterocycles. The molecule has 1 aromatic carbocycles. The van der Waals surface area contributed by atoms with Crippen LogP contribution in [-0.4, -0.2) is 22.9 Å². The molecule has 88 valence electrons. The number of hydrogen-bond donors (Lipinski definition) is 0. The molecule has 0 aromatic heterocycles. The number of nitro benzene ring substituents is 2. The van der Waals surface area contributed by atoms with Crippen molar-refractivity contribution in [3.63, 3.8) is 0 Å². The molecule has 1 aliphatic rings. The molecule has 0 bridgehead atoms. The van der Waals surface area contributed by atoms with Gasteiger partial charge in [0.2, 0.25) is 12.5 Å². The highest BCUT2D eigenvalue weighted by Gasteiger charge is 2.36. The van der Waals surface area contributed by atoms with Crippen molar-refractivity contribution in [2.24, 2.45) is 0 Å². The standard InChI is InChI=1S/C8H4N2O7/c11-2-4-5(9(12)13)1-6-8(17-3-16-6)7(4)10(14)15/h1-2H,3H2. The number of benzene rings is 1. The zero-order valence-corrected chi connectivity index (χ0v) is 8.11. The highest BCUT2D eigenvalue weighted by atomic mass is 16.7. The molecule has 0 aliphatic carbocycles. The Balaban J connectivity index is 2.82. The molecule has 0 saturated carbocycles. The van der Waals surface area contributed by atoms with E-state index in [1.165, 1.54) is 0 Å². The Morgan fingerprint density at radius 1 is 1.24 bits per heavy atom. The smallest absolute Gasteiger partial charge is 0.332 e. The third-order valence-corrected chi connectivity index (χ3v) is 2.15. The largest absolute Gasteiger partial charge is 0.453 e. The van der Waals surface area contributed by atoms with Gasteiger partial charge in [0.15, 0.2) is 17.6 Å². The van der Waals surface area contributed by atoms with E-state index in [2.05, 4.69) is 0 Å². The van der Waals surface area contributed by atoms with Crippen molar-refractivity contribution in [1.82, 2.24) is 0 Å². The summed E-state index contributed by atoms with van der Waals surface area (Å²) >= 11 is 0. The van der Waals surface area contributed by atoms with Crippen LogP contribution in [0.2, 0.25) is 0 Å². The lowest BCUT2D eigenvalue weighted by Crippen LogP contribution is -2.01. The van der Waals surface area contributed by atoms with Crippen molar-refractivity contribution in [3.05, 3.63) is 31.9 Å². The van der Waals surface area contributed by atoms with Crippen LogP contribution in [0.15, 0.2) is 6.07 Å². The molecule has 0 atom stereocenters. The highest BCUT2D eigenvalue weighted by molar-refractivity contribution is 5.91. The number of rotatable bonds is 3. The van der Waals surface area contributed by atoms with Crippen LogP contribution in [0.3, 0.4) is 0 Å². The summed E-state index contributed by atoms with van der Waals surface area (Å²) in [5.41, 5.74) is -2.07. The van der Waals surface area contributed by atoms with Gasteiger partial charge in [0.05, 0.1) is 15.9 Å². The number of aldehydes is 1. The van der Waals surface area contributed by atoms with Crippen molar-refractivity contribution in [2.45, 2.75) is 0 Å². The van der Waals surface area contributed by atoms with Crippen molar-refractivity contribution < 1.29 is 24.1 Å². The monoisotopic (exact) mass is 240 g/mol. The maximum absolute atomic E-state index is 10.8. The van der Waals surface area contributed by atoms with Gasteiger partial charge in [-0.3, -0.25) is 25.0 Å². The zero-order valence-electron chi connectivity index (χ0n) is 8.11. The van der Waals surface area contributed by atoms with Crippen LogP contribution in [0, 0.1) is 20.2 Å². The fourth-order valence-corrected chi connectivity index (χ4v) is 1.47. The maximum Gasteiger partial charge on any atom is 0.332 e. The molecule has 0 unspecified atom stereocenters. The normalized spacial score (nSPS) is 12.2. The first kappa shape index (κ1) is 10.8. The maximum atomic E-state index is 10.8. The molecule has 2 rings (SSSR count). The lowest BCUT2D eigenvalue weighted by atomic mass is 10.1. The molecule has 0 N–H and O–H groups in total. The van der Waals surface area contributed by atoms with Crippen LogP contribution >= 0.6 is 0 Å². The second-order valence-electron chi connectivity index (χ2n) is 3.02. The minimum Gasteiger partial charge on any atom is -0.453 e. The van der Waals surface area contributed by atoms with Crippen LogP contribution in [0.4, 0.5) is 11.4 Å². The first-order chi connectivity index (χ1) is 8.06. The average molecular weight is 240 g/mol. The first-order valence-corrected chi connectivity index (χ1v) is 4.26. The zero-order chi connectivity index (χ0) is 12.6. The summed E-state index contributed by atoms with van der Waals surface area (Å²) in [6.07, 6.45) is 0.0538. The third-order valence-electron chi connectivity index (χ3n) is 2.15. The van der Waals surface area contributed by atoms with E-state index >= 15 is 0 Å². The third kappa shape index (κ3) is 1.53. The molecule has 0 amide bonds. The van der Waals surface area contributed by atoms with E-state index in [1.807, 2.05) is 0 Å². The van der Waals surface area contributed by atoms with Crippen molar-refractivity contribution in [2.75, 3.05) is 6.79 Å². The van der Waals surface area contributed by atoms with Crippen LogP contribution in [0.5, 0.6) is 11.5 Å². The molecule has 0 fully saturated rings. The lowest BCUT2D eigenvalue weighted by molar-refractivity contribution is -0.394. The van der Waals surface area contributed by atoms with E-state index in [0.29, 0.717) is 0 Å². The highest BCUT2D eigenvalue weighted by Crippen LogP contribution is 2.46. The summed E-state index contributed by atoms with van der Waals surface area (Å²) in [6.45, 7) is -0.282. The quantitative estimate of drug-likeness (QED) is 0.439. The summed E-state index contributed by atoms with van der Waals surface area (Å²) in [5.74, 6) is -0.378. The van der Waals surface area contributed by atoms with Gasteiger partial charge in [0, 0.05) is 0 Å². The molecule has 17 heavy (non-hydrogen) atoms. The predicted molar refractivity (Wildman–Crippen MR) is 51.3 cm³/mol. The summed E-state index contributed by atoms with van der Waals surface area (Å²) in [4.78, 5) is 30.4. The van der Waals surface area contributed by atoms with E-state index < -0.39 is 26.8 Å². The number of hydrogen-bond acceptors (Lipinski definition) is 7. The van der Waals surface area contributed by atoms with E-state index in [9.17, 15) is 25.0 Å². The van der Waals surface area contributed by atoms with Gasteiger partial charge in [-0.1, -0.05) is 0 Å². The van der Waals surface area contributed by atoms with Crippen molar-refractivity contribution >= 4 is 17.7 Å². The SMILES string of the molecule is O=Cc1c([N+](=O)[O-])cc2c(c1[N+](=O)[O-])OCO2. The minimum absolute atomic E-state index is 0.0538. The number of carbonyl (C=O) groups is 1. The lowest BCUT2D eigenvalue weighted by Gasteiger charge is -2.01. The first-order valence-electron chi connectivity index (χ1n) is 4.26. The molecular formula is C8H4N2O7. The number of nitro groups is 2. The fourth-order valence-electron chi connectivity index (χ4n) is 1.47. The van der Waals surface area contributed by atoms with E-state index in [-0.39, 0.29) is 24.6 Å². The summed E-state index contributed by atoms with van der Waals surface area (Å²) in [6, 6.07) is 0.930. The Labute approximate surface area is 92.9 Å². The van der Waals surface area contributed by atoms with Gasteiger partial charge in [-0.05, 0) is 0 Å². The predicted octanol–water partition coefficient (Wildman–Crippen LogP) is 1.04. The van der Waals surface area contributed by atoms with Crippen molar-refractivity contribution in [3.8, 4) is 11.5 Å². The average Bonchev–Trinajstić information content (AvgIpc) is 2.73. The summed E-state index contributed by atoms with van der Waals surface area (Å²) < 4.78 is 9.66. The van der Waals surface area contributed by atoms with Crippen LogP contribution in [-0.2, 0) is 0 Å². The van der Waals surface area contributed by atoms with Crippen LogP contribution in [0.1, 0.15) is 10.4 Å². The number of ether oxygens (including phenoxy) is 2. The molecule has 0 spiro atoms. The second kappa shape index (κ2) is 3.70. The van der Waals surface area contributed by atoms with Gasteiger partial charge in [-0.25, -0.2) is 0 Å². The Morgan fingerprint density at radius 2 is 1.94 bits per heavy atom. The molecule has 0 radical (unpaired) electrons. The minimum atomic E-state index is -0.912. The fraction of sp³-hybridized carbons (Fsp3) is 0.125. The summed E-state index contributed by atoms with van der Waals surface area (Å²) in [7, 11) is 0. The van der Waals surface area contributed by atoms with Gasteiger partial charge in [0.1, 0.15) is 0 Å². The van der Waals surface area contributed by atoms with Gasteiger partial charge >= 0.3 is 5.69 Å². The van der Waals surface area contributed by atoms with Gasteiger partial charge < -0.3 is 9.47 Å². The van der Waals surface area contributed by atoms with Crippen LogP contribution in [0.25, 0.3) is 0 Å². The number of carbonyl (C=O) groups excluding carboxylic acids is 1. The number of fused-ring (bicyclic) bond motifs is 1. The second-order valence-corrected chi connectivity index (χ2v) is 3.02. The van der Waals surface area contributed by atoms with E-state index in [4.69, 9.17) is 9.47 Å². The Bertz CT molecular complexity index is 539. The van der Waals surface area contributed by atoms with Crippen molar-refractivity contribution in [1.29, 1.82) is 0 Å². The topological polar surface area (TPSA) is 122 Å². The number of nitrogens with zero attached hydrogens (tertiary/aromatic N) is 2. The summed E-state index contributed by atoms with van der Waals surface area (Å²) in [5, 5.41) is 21.5. The van der Waals surface area contributed by atoms with Gasteiger partial charge in [-0.15, -0.1) is 0 Å². The molecule has 1 aromatic rings. The van der Waals surface area contributed by atoms with Gasteiger partial charge in [0.25, 0.3) is 5.69 Å². The Morgan fingerprint density at radius 3 is 2.47 bits per heavy atom. The Kier molecular flexibility index (Phi) is 2.35. The molecule has 9 nitrogen and oxygen atoms in total. The van der Waals surface area contributed by atoms with E-state index in [0.717, 1.165) is 6.07 Å². The Hall–Kier alpha value is -2.71. The molecule has 0 saturated heterocycles. The molecular weight excluding hydrogens is 236 g/mol. The van der Waals surface area contributed by atoms with Gasteiger partial charge in [-0.2, -0.15) is 0 Å². The van der Waals surface area contributed by atoms with Crippen LogP contribution < -0.4 is 9.47 Å².